The minimum Gasteiger partial charge on any atom is -0.456 e. The number of aliphatic hydroxyl groups excluding tert-OH is 3. The van der Waals surface area contributed by atoms with Gasteiger partial charge in [0.2, 0.25) is 5.91 Å². The van der Waals surface area contributed by atoms with Crippen molar-refractivity contribution >= 4 is 40.9 Å². The highest BCUT2D eigenvalue weighted by Crippen LogP contribution is 2.64. The number of hydrogen-bond donors (Lipinski definition) is 5. The van der Waals surface area contributed by atoms with Crippen LogP contribution in [0.1, 0.15) is 83.5 Å². The Kier molecular flexibility index (Phi) is 11.2. The Labute approximate surface area is 335 Å². The summed E-state index contributed by atoms with van der Waals surface area (Å²) in [5.74, 6) is -5.64. The number of amides is 1. The summed E-state index contributed by atoms with van der Waals surface area (Å²) in [6, 6.07) is 10.4. The van der Waals surface area contributed by atoms with Crippen molar-refractivity contribution < 1.29 is 63.3 Å². The Balaban J connectivity index is 1.46. The normalized spacial score (nSPS) is 34.2. The van der Waals surface area contributed by atoms with E-state index < -0.39 is 112 Å². The van der Waals surface area contributed by atoms with Crippen LogP contribution in [0.15, 0.2) is 59.0 Å². The van der Waals surface area contributed by atoms with Gasteiger partial charge in [-0.3, -0.25) is 14.4 Å². The van der Waals surface area contributed by atoms with Gasteiger partial charge in [-0.05, 0) is 54.0 Å². The molecular formula is C42H53NO13S. The molecule has 0 spiro atoms. The maximum atomic E-state index is 14.9. The molecule has 1 aromatic carbocycles. The van der Waals surface area contributed by atoms with E-state index >= 15 is 0 Å². The second-order valence-corrected chi connectivity index (χ2v) is 18.7. The van der Waals surface area contributed by atoms with Crippen LogP contribution in [0.2, 0.25) is 0 Å². The van der Waals surface area contributed by atoms with Gasteiger partial charge in [0, 0.05) is 30.1 Å². The number of ether oxygens (including phenoxy) is 4. The SMILES string of the molecule is CC(=O)O[C@@]12COC1C[C@H](O)[C@@]1(C)C(=O)[C@H](O)C3=C(C)[C@@H](OC(=O)[C@H](O)[C@@H](NC(=O)Cc4cccs4)C(C)(C)C)C[C@@](O)([C@@H](OC(=O)c4ccccc4)[C@@H]12)C3(C)C. The van der Waals surface area contributed by atoms with Crippen LogP contribution in [0.25, 0.3) is 0 Å². The molecule has 2 bridgehead atoms. The highest BCUT2D eigenvalue weighted by Gasteiger charge is 2.78. The number of rotatable bonds is 9. The van der Waals surface area contributed by atoms with Gasteiger partial charge >= 0.3 is 17.9 Å². The van der Waals surface area contributed by atoms with Crippen LogP contribution in [0, 0.1) is 22.2 Å². The number of thiophene rings is 1. The van der Waals surface area contributed by atoms with Crippen LogP contribution < -0.4 is 5.32 Å². The molecule has 11 atom stereocenters. The number of aliphatic hydroxyl groups is 4. The molecule has 1 unspecified atom stereocenters. The van der Waals surface area contributed by atoms with E-state index in [1.165, 1.54) is 37.3 Å². The smallest absolute Gasteiger partial charge is 0.338 e. The zero-order valence-corrected chi connectivity index (χ0v) is 34.3. The van der Waals surface area contributed by atoms with Gasteiger partial charge < -0.3 is 44.7 Å². The molecule has 0 radical (unpaired) electrons. The summed E-state index contributed by atoms with van der Waals surface area (Å²) in [5, 5.41) is 53.6. The number of benzene rings is 1. The Bertz CT molecular complexity index is 1940. The molecule has 2 saturated carbocycles. The first-order valence-electron chi connectivity index (χ1n) is 19.1. The average Bonchev–Trinajstić information content (AvgIpc) is 3.64. The fourth-order valence-corrected chi connectivity index (χ4v) is 10.4. The van der Waals surface area contributed by atoms with Gasteiger partial charge in [-0.15, -0.1) is 11.3 Å². The first kappa shape index (κ1) is 42.6. The highest BCUT2D eigenvalue weighted by molar-refractivity contribution is 7.10. The average molecular weight is 812 g/mol. The molecule has 2 heterocycles. The molecule has 57 heavy (non-hydrogen) atoms. The quantitative estimate of drug-likeness (QED) is 0.140. The van der Waals surface area contributed by atoms with Gasteiger partial charge in [0.25, 0.3) is 0 Å². The number of esters is 3. The lowest BCUT2D eigenvalue weighted by Gasteiger charge is -2.67. The summed E-state index contributed by atoms with van der Waals surface area (Å²) in [5.41, 5.74) is -8.23. The van der Waals surface area contributed by atoms with Crippen LogP contribution in [0.4, 0.5) is 0 Å². The predicted molar refractivity (Wildman–Crippen MR) is 204 cm³/mol. The summed E-state index contributed by atoms with van der Waals surface area (Å²) in [4.78, 5) is 69.7. The minimum atomic E-state index is -2.32. The maximum Gasteiger partial charge on any atom is 0.338 e. The Morgan fingerprint density at radius 2 is 1.70 bits per heavy atom. The number of nitrogens with one attached hydrogen (secondary N) is 1. The standard InChI is InChI=1S/C42H53NO13S/c1-21-25(54-37(51)31(48)33(38(3,4)5)43-28(46)17-24-15-12-16-57-24)19-42(52)35(55-36(50)23-13-10-9-11-14-23)32-40(8,34(49)30(47)29(21)39(42,6)7)26(45)18-27-41(32,20-53-27)56-22(2)44/h9-16,25-27,30-33,35,45,47-48,52H,17-20H2,1-8H3,(H,43,46)/t25-,26-,27?,30+,31+,32-,33+,35-,40+,41-,42+/m0/s1. The number of Topliss-reactive ketones (excluding diaryl/α,β-unsaturated/α-hetero) is 1. The topological polar surface area (TPSA) is 215 Å². The summed E-state index contributed by atoms with van der Waals surface area (Å²) in [7, 11) is 0. The fraction of sp³-hybridized carbons (Fsp3) is 0.595. The number of carbonyl (C=O) groups is 5. The van der Waals surface area contributed by atoms with E-state index in [4.69, 9.17) is 18.9 Å². The van der Waals surface area contributed by atoms with Gasteiger partial charge in [-0.25, -0.2) is 9.59 Å². The van der Waals surface area contributed by atoms with E-state index in [1.807, 2.05) is 5.38 Å². The van der Waals surface area contributed by atoms with Crippen LogP contribution >= 0.6 is 11.3 Å². The minimum absolute atomic E-state index is 0.0203. The van der Waals surface area contributed by atoms with Crippen molar-refractivity contribution in [3.8, 4) is 0 Å². The maximum absolute atomic E-state index is 14.9. The second kappa shape index (κ2) is 15.0. The Morgan fingerprint density at radius 3 is 2.26 bits per heavy atom. The number of ketones is 1. The lowest BCUT2D eigenvalue weighted by molar-refractivity contribution is -0.346. The summed E-state index contributed by atoms with van der Waals surface area (Å²) >= 11 is 1.39. The molecule has 5 N–H and O–H groups in total. The second-order valence-electron chi connectivity index (χ2n) is 17.7. The van der Waals surface area contributed by atoms with E-state index in [2.05, 4.69) is 5.32 Å². The Morgan fingerprint density at radius 1 is 1.04 bits per heavy atom. The number of fused-ring (bicyclic) bond motifs is 5. The van der Waals surface area contributed by atoms with Gasteiger partial charge in [0.05, 0.1) is 42.1 Å². The van der Waals surface area contributed by atoms with Gasteiger partial charge in [-0.1, -0.05) is 58.9 Å². The molecule has 1 amide bonds. The molecule has 15 heteroatoms. The number of hydrogen-bond acceptors (Lipinski definition) is 14. The number of carbonyl (C=O) groups excluding carboxylic acids is 5. The predicted octanol–water partition coefficient (Wildman–Crippen LogP) is 2.83. The molecule has 310 valence electrons. The van der Waals surface area contributed by atoms with Crippen LogP contribution in [-0.2, 0) is 44.5 Å². The summed E-state index contributed by atoms with van der Waals surface area (Å²) < 4.78 is 24.1. The molecule has 2 aromatic rings. The fourth-order valence-electron chi connectivity index (χ4n) is 9.69. The van der Waals surface area contributed by atoms with Crippen molar-refractivity contribution in [3.63, 3.8) is 0 Å². The van der Waals surface area contributed by atoms with Crippen molar-refractivity contribution in [2.24, 2.45) is 22.2 Å². The largest absolute Gasteiger partial charge is 0.456 e. The van der Waals surface area contributed by atoms with Crippen LogP contribution in [0.3, 0.4) is 0 Å². The van der Waals surface area contributed by atoms with Crippen molar-refractivity contribution in [1.29, 1.82) is 0 Å². The molecule has 1 aliphatic heterocycles. The zero-order chi connectivity index (χ0) is 42.0. The van der Waals surface area contributed by atoms with E-state index in [9.17, 15) is 44.4 Å². The third-order valence-electron chi connectivity index (χ3n) is 12.9. The van der Waals surface area contributed by atoms with E-state index in [1.54, 1.807) is 65.0 Å². The third kappa shape index (κ3) is 7.03. The van der Waals surface area contributed by atoms with Gasteiger partial charge in [-0.2, -0.15) is 0 Å². The lowest BCUT2D eigenvalue weighted by atomic mass is 9.44. The molecule has 4 aliphatic rings. The van der Waals surface area contributed by atoms with E-state index in [0.717, 1.165) is 11.8 Å². The molecular weight excluding hydrogens is 759 g/mol. The summed E-state index contributed by atoms with van der Waals surface area (Å²) in [6.07, 6.45) is -10.2. The summed E-state index contributed by atoms with van der Waals surface area (Å²) in [6.45, 7) is 12.1. The lowest BCUT2D eigenvalue weighted by Crippen LogP contribution is -2.81. The molecule has 1 saturated heterocycles. The Hall–Kier alpha value is -3.99. The van der Waals surface area contributed by atoms with Crippen molar-refractivity contribution in [1.82, 2.24) is 5.32 Å². The van der Waals surface area contributed by atoms with Crippen molar-refractivity contribution in [2.45, 2.75) is 129 Å². The van der Waals surface area contributed by atoms with Crippen molar-refractivity contribution in [3.05, 3.63) is 69.4 Å². The van der Waals surface area contributed by atoms with Crippen LogP contribution in [0.5, 0.6) is 0 Å². The highest BCUT2D eigenvalue weighted by atomic mass is 32.1. The molecule has 1 aromatic heterocycles. The first-order chi connectivity index (χ1) is 26.5. The van der Waals surface area contributed by atoms with Gasteiger partial charge in [0.1, 0.15) is 30.0 Å². The van der Waals surface area contributed by atoms with Crippen molar-refractivity contribution in [2.75, 3.05) is 6.61 Å². The first-order valence-corrected chi connectivity index (χ1v) is 20.0. The molecule has 6 rings (SSSR count). The molecule has 14 nitrogen and oxygen atoms in total. The third-order valence-corrected chi connectivity index (χ3v) is 13.8. The zero-order valence-electron chi connectivity index (χ0n) is 33.4. The van der Waals surface area contributed by atoms with Crippen LogP contribution in [-0.4, -0.2) is 110 Å². The molecule has 3 fully saturated rings. The van der Waals surface area contributed by atoms with E-state index in [0.29, 0.717) is 0 Å². The monoisotopic (exact) mass is 811 g/mol. The van der Waals surface area contributed by atoms with E-state index in [-0.39, 0.29) is 36.2 Å². The van der Waals surface area contributed by atoms with Gasteiger partial charge in [0.15, 0.2) is 17.5 Å². The molecule has 3 aliphatic carbocycles.